The predicted molar refractivity (Wildman–Crippen MR) is 116 cm³/mol. The number of carbonyl (C=O) groups excluding carboxylic acids is 1. The molecule has 1 fully saturated rings. The summed E-state index contributed by atoms with van der Waals surface area (Å²) in [4.78, 5) is 21.6. The number of thiazole rings is 1. The van der Waals surface area contributed by atoms with Crippen LogP contribution in [-0.2, 0) is 11.3 Å². The normalized spacial score (nSPS) is 15.8. The molecule has 3 aromatic rings. The van der Waals surface area contributed by atoms with E-state index in [0.717, 1.165) is 43.2 Å². The van der Waals surface area contributed by atoms with E-state index < -0.39 is 0 Å². The Hall–Kier alpha value is -1.70. The first-order valence-electron chi connectivity index (χ1n) is 9.11. The van der Waals surface area contributed by atoms with E-state index in [1.54, 1.807) is 29.5 Å². The van der Waals surface area contributed by atoms with Crippen LogP contribution < -0.4 is 5.32 Å². The molecule has 0 spiro atoms. The summed E-state index contributed by atoms with van der Waals surface area (Å²) >= 11 is 13.9. The van der Waals surface area contributed by atoms with Gasteiger partial charge < -0.3 is 5.32 Å². The number of para-hydroxylation sites is 1. The molecule has 146 valence electrons. The lowest BCUT2D eigenvalue weighted by Crippen LogP contribution is -2.48. The summed E-state index contributed by atoms with van der Waals surface area (Å²) in [6.45, 7) is 4.74. The van der Waals surface area contributed by atoms with Crippen LogP contribution in [0.2, 0.25) is 10.0 Å². The van der Waals surface area contributed by atoms with Gasteiger partial charge in [0.05, 0.1) is 39.0 Å². The zero-order valence-electron chi connectivity index (χ0n) is 15.2. The molecule has 1 saturated heterocycles. The van der Waals surface area contributed by atoms with Gasteiger partial charge in [-0.3, -0.25) is 14.6 Å². The Bertz CT molecular complexity index is 952. The first-order chi connectivity index (χ1) is 13.6. The summed E-state index contributed by atoms with van der Waals surface area (Å²) < 4.78 is 1.23. The summed E-state index contributed by atoms with van der Waals surface area (Å²) in [6.07, 6.45) is 0. The molecule has 0 aliphatic carbocycles. The number of piperazine rings is 1. The van der Waals surface area contributed by atoms with Crippen LogP contribution in [-0.4, -0.2) is 53.4 Å². The number of carbonyl (C=O) groups is 1. The highest BCUT2D eigenvalue weighted by atomic mass is 35.5. The minimum atomic E-state index is -0.0798. The van der Waals surface area contributed by atoms with Crippen LogP contribution >= 0.6 is 34.5 Å². The van der Waals surface area contributed by atoms with Crippen LogP contribution in [0.4, 0.5) is 5.69 Å². The highest BCUT2D eigenvalue weighted by Crippen LogP contribution is 2.29. The van der Waals surface area contributed by atoms with Gasteiger partial charge in [0, 0.05) is 26.2 Å². The van der Waals surface area contributed by atoms with Gasteiger partial charge in [-0.25, -0.2) is 4.98 Å². The Morgan fingerprint density at radius 3 is 2.57 bits per heavy atom. The third-order valence-corrected chi connectivity index (χ3v) is 6.59. The lowest BCUT2D eigenvalue weighted by atomic mass is 10.3. The Morgan fingerprint density at radius 1 is 1.04 bits per heavy atom. The van der Waals surface area contributed by atoms with Crippen LogP contribution in [0.5, 0.6) is 0 Å². The molecule has 1 aliphatic rings. The molecule has 0 unspecified atom stereocenters. The van der Waals surface area contributed by atoms with Crippen molar-refractivity contribution in [1.29, 1.82) is 0 Å². The number of hydrogen-bond donors (Lipinski definition) is 1. The summed E-state index contributed by atoms with van der Waals surface area (Å²) in [6, 6.07) is 13.4. The van der Waals surface area contributed by atoms with Crippen LogP contribution in [0.3, 0.4) is 0 Å². The summed E-state index contributed by atoms with van der Waals surface area (Å²) in [5.74, 6) is -0.0798. The minimum Gasteiger partial charge on any atom is -0.324 e. The van der Waals surface area contributed by atoms with Crippen LogP contribution in [0.1, 0.15) is 5.01 Å². The third kappa shape index (κ3) is 4.64. The van der Waals surface area contributed by atoms with Gasteiger partial charge in [-0.1, -0.05) is 41.4 Å². The molecule has 1 amide bonds. The summed E-state index contributed by atoms with van der Waals surface area (Å²) in [5.41, 5.74) is 1.62. The number of nitrogens with zero attached hydrogens (tertiary/aromatic N) is 3. The molecule has 0 bridgehead atoms. The molecule has 0 radical (unpaired) electrons. The van der Waals surface area contributed by atoms with Crippen molar-refractivity contribution >= 4 is 56.3 Å². The van der Waals surface area contributed by atoms with Crippen molar-refractivity contribution in [3.8, 4) is 0 Å². The van der Waals surface area contributed by atoms with E-state index in [1.807, 2.05) is 12.1 Å². The maximum atomic E-state index is 12.3. The maximum Gasteiger partial charge on any atom is 0.238 e. The quantitative estimate of drug-likeness (QED) is 0.647. The number of amides is 1. The topological polar surface area (TPSA) is 48.5 Å². The molecule has 1 aliphatic heterocycles. The molecule has 2 aromatic carbocycles. The lowest BCUT2D eigenvalue weighted by Gasteiger charge is -2.33. The van der Waals surface area contributed by atoms with Crippen LogP contribution in [0.25, 0.3) is 10.2 Å². The highest BCUT2D eigenvalue weighted by Gasteiger charge is 2.20. The number of anilines is 1. The molecule has 4 rings (SSSR count). The van der Waals surface area contributed by atoms with Gasteiger partial charge in [0.2, 0.25) is 5.91 Å². The summed E-state index contributed by atoms with van der Waals surface area (Å²) in [5, 5.41) is 4.79. The van der Waals surface area contributed by atoms with E-state index in [0.29, 0.717) is 22.3 Å². The fourth-order valence-electron chi connectivity index (χ4n) is 3.28. The molecule has 5 nitrogen and oxygen atoms in total. The minimum absolute atomic E-state index is 0.0798. The first-order valence-corrected chi connectivity index (χ1v) is 10.7. The number of fused-ring (bicyclic) bond motifs is 1. The highest BCUT2D eigenvalue weighted by molar-refractivity contribution is 7.18. The standard InChI is InChI=1S/C20H20Cl2N4OS/c21-14-4-3-6-16(20(14)22)23-18(27)12-25-8-10-26(11-9-25)13-19-24-15-5-1-2-7-17(15)28-19/h1-7H,8-13H2,(H,23,27). The third-order valence-electron chi connectivity index (χ3n) is 4.75. The van der Waals surface area contributed by atoms with Crippen LogP contribution in [0, 0.1) is 0 Å². The SMILES string of the molecule is O=C(CN1CCN(Cc2nc3ccccc3s2)CC1)Nc1cccc(Cl)c1Cl. The van der Waals surface area contributed by atoms with E-state index in [-0.39, 0.29) is 5.91 Å². The molecule has 8 heteroatoms. The molecule has 1 N–H and O–H groups in total. The number of nitrogens with one attached hydrogen (secondary N) is 1. The largest absolute Gasteiger partial charge is 0.324 e. The monoisotopic (exact) mass is 434 g/mol. The number of benzene rings is 2. The molecule has 0 atom stereocenters. The number of aromatic nitrogens is 1. The van der Waals surface area contributed by atoms with E-state index in [9.17, 15) is 4.79 Å². The molecule has 1 aromatic heterocycles. The van der Waals surface area contributed by atoms with Crippen molar-refractivity contribution in [2.45, 2.75) is 6.54 Å². The number of halogens is 2. The molecule has 2 heterocycles. The van der Waals surface area contributed by atoms with Crippen molar-refractivity contribution < 1.29 is 4.79 Å². The average molecular weight is 435 g/mol. The van der Waals surface area contributed by atoms with Crippen molar-refractivity contribution in [1.82, 2.24) is 14.8 Å². The van der Waals surface area contributed by atoms with Gasteiger partial charge in [-0.05, 0) is 24.3 Å². The van der Waals surface area contributed by atoms with Gasteiger partial charge in [-0.15, -0.1) is 11.3 Å². The second-order valence-corrected chi connectivity index (χ2v) is 8.68. The molecular weight excluding hydrogens is 415 g/mol. The van der Waals surface area contributed by atoms with Crippen molar-refractivity contribution in [2.24, 2.45) is 0 Å². The predicted octanol–water partition coefficient (Wildman–Crippen LogP) is 4.36. The molecular formula is C20H20Cl2N4OS. The number of rotatable bonds is 5. The average Bonchev–Trinajstić information content (AvgIpc) is 3.09. The number of hydrogen-bond acceptors (Lipinski definition) is 5. The molecule has 0 saturated carbocycles. The van der Waals surface area contributed by atoms with Gasteiger partial charge in [-0.2, -0.15) is 0 Å². The smallest absolute Gasteiger partial charge is 0.238 e. The van der Waals surface area contributed by atoms with Crippen molar-refractivity contribution in [2.75, 3.05) is 38.0 Å². The first kappa shape index (κ1) is 19.6. The second kappa shape index (κ2) is 8.76. The Labute approximate surface area is 177 Å². The van der Waals surface area contributed by atoms with Gasteiger partial charge >= 0.3 is 0 Å². The fraction of sp³-hybridized carbons (Fsp3) is 0.300. The molecule has 28 heavy (non-hydrogen) atoms. The van der Waals surface area contributed by atoms with E-state index in [1.165, 1.54) is 4.70 Å². The maximum absolute atomic E-state index is 12.3. The van der Waals surface area contributed by atoms with Gasteiger partial charge in [0.25, 0.3) is 0 Å². The van der Waals surface area contributed by atoms with E-state index in [4.69, 9.17) is 28.2 Å². The zero-order chi connectivity index (χ0) is 19.5. The lowest BCUT2D eigenvalue weighted by molar-refractivity contribution is -0.117. The fourth-order valence-corrected chi connectivity index (χ4v) is 4.64. The Morgan fingerprint density at radius 2 is 1.79 bits per heavy atom. The Kier molecular flexibility index (Phi) is 6.13. The second-order valence-electron chi connectivity index (χ2n) is 6.78. The zero-order valence-corrected chi connectivity index (χ0v) is 17.5. The van der Waals surface area contributed by atoms with E-state index in [2.05, 4.69) is 27.2 Å². The Balaban J connectivity index is 1.27. The van der Waals surface area contributed by atoms with Gasteiger partial charge in [0.15, 0.2) is 0 Å². The van der Waals surface area contributed by atoms with Crippen molar-refractivity contribution in [3.05, 3.63) is 57.5 Å². The van der Waals surface area contributed by atoms with Crippen LogP contribution in [0.15, 0.2) is 42.5 Å². The van der Waals surface area contributed by atoms with Crippen molar-refractivity contribution in [3.63, 3.8) is 0 Å². The van der Waals surface area contributed by atoms with E-state index >= 15 is 0 Å². The van der Waals surface area contributed by atoms with Gasteiger partial charge in [0.1, 0.15) is 5.01 Å². The summed E-state index contributed by atoms with van der Waals surface area (Å²) in [7, 11) is 0.